The summed E-state index contributed by atoms with van der Waals surface area (Å²) in [5.41, 5.74) is 0.731. The molecule has 2 aromatic carbocycles. The summed E-state index contributed by atoms with van der Waals surface area (Å²) in [4.78, 5) is 58.0. The van der Waals surface area contributed by atoms with Gasteiger partial charge in [-0.3, -0.25) is 19.2 Å². The van der Waals surface area contributed by atoms with Crippen molar-refractivity contribution in [2.75, 3.05) is 26.7 Å². The maximum absolute atomic E-state index is 14.4. The number of carbonyl (C=O) groups is 4. The van der Waals surface area contributed by atoms with Crippen LogP contribution in [0.3, 0.4) is 0 Å². The molecule has 2 aliphatic rings. The predicted octanol–water partition coefficient (Wildman–Crippen LogP) is 2.62. The number of hydrogen-bond acceptors (Lipinski definition) is 5. The van der Waals surface area contributed by atoms with Crippen molar-refractivity contribution in [1.29, 1.82) is 0 Å². The molecular formula is C32H43N5O4. The fourth-order valence-corrected chi connectivity index (χ4v) is 5.95. The van der Waals surface area contributed by atoms with E-state index in [2.05, 4.69) is 16.0 Å². The highest BCUT2D eigenvalue weighted by atomic mass is 16.2. The number of nitrogens with zero attached hydrogens (tertiary/aromatic N) is 2. The molecule has 3 N–H and O–H groups in total. The Morgan fingerprint density at radius 2 is 1.54 bits per heavy atom. The van der Waals surface area contributed by atoms with Crippen molar-refractivity contribution in [2.24, 2.45) is 5.92 Å². The molecule has 2 saturated heterocycles. The van der Waals surface area contributed by atoms with Gasteiger partial charge >= 0.3 is 0 Å². The number of rotatable bonds is 9. The molecule has 4 amide bonds. The van der Waals surface area contributed by atoms with Gasteiger partial charge in [0.05, 0.1) is 12.1 Å². The van der Waals surface area contributed by atoms with Crippen LogP contribution in [-0.2, 0) is 19.2 Å². The summed E-state index contributed by atoms with van der Waals surface area (Å²) in [6.45, 7) is 6.43. The summed E-state index contributed by atoms with van der Waals surface area (Å²) in [5, 5.41) is 9.15. The Hall–Kier alpha value is -3.72. The lowest BCUT2D eigenvalue weighted by Gasteiger charge is -2.44. The summed E-state index contributed by atoms with van der Waals surface area (Å²) < 4.78 is 0. The van der Waals surface area contributed by atoms with Crippen LogP contribution >= 0.6 is 0 Å². The van der Waals surface area contributed by atoms with Crippen LogP contribution in [0.1, 0.15) is 63.6 Å². The molecule has 2 aromatic rings. The van der Waals surface area contributed by atoms with Gasteiger partial charge in [-0.1, -0.05) is 74.5 Å². The summed E-state index contributed by atoms with van der Waals surface area (Å²) in [5.74, 6) is -0.859. The molecule has 0 saturated carbocycles. The molecule has 9 nitrogen and oxygen atoms in total. The molecule has 0 aromatic heterocycles. The Bertz CT molecular complexity index is 1180. The van der Waals surface area contributed by atoms with Gasteiger partial charge in [0, 0.05) is 26.1 Å². The fourth-order valence-electron chi connectivity index (χ4n) is 5.95. The monoisotopic (exact) mass is 561 g/mol. The smallest absolute Gasteiger partial charge is 0.247 e. The zero-order valence-corrected chi connectivity index (χ0v) is 24.6. The van der Waals surface area contributed by atoms with E-state index < -0.39 is 23.7 Å². The van der Waals surface area contributed by atoms with E-state index in [0.29, 0.717) is 32.4 Å². The number of benzene rings is 2. The molecule has 2 fully saturated rings. The Kier molecular flexibility index (Phi) is 9.81. The minimum atomic E-state index is -1.14. The highest BCUT2D eigenvalue weighted by Gasteiger charge is 2.53. The van der Waals surface area contributed by atoms with Crippen LogP contribution in [0.25, 0.3) is 0 Å². The van der Waals surface area contributed by atoms with Gasteiger partial charge in [0.25, 0.3) is 0 Å². The molecule has 2 aliphatic heterocycles. The molecule has 220 valence electrons. The molecular weight excluding hydrogens is 518 g/mol. The third-order valence-corrected chi connectivity index (χ3v) is 8.26. The predicted molar refractivity (Wildman–Crippen MR) is 158 cm³/mol. The van der Waals surface area contributed by atoms with E-state index in [4.69, 9.17) is 0 Å². The van der Waals surface area contributed by atoms with Crippen molar-refractivity contribution >= 4 is 23.6 Å². The van der Waals surface area contributed by atoms with Gasteiger partial charge in [0.15, 0.2) is 0 Å². The van der Waals surface area contributed by atoms with Gasteiger partial charge in [-0.15, -0.1) is 0 Å². The Labute approximate surface area is 243 Å². The molecule has 41 heavy (non-hydrogen) atoms. The van der Waals surface area contributed by atoms with Crippen molar-refractivity contribution in [2.45, 2.75) is 70.1 Å². The van der Waals surface area contributed by atoms with E-state index in [9.17, 15) is 19.2 Å². The van der Waals surface area contributed by atoms with E-state index >= 15 is 0 Å². The highest BCUT2D eigenvalue weighted by Crippen LogP contribution is 2.36. The summed E-state index contributed by atoms with van der Waals surface area (Å²) in [6, 6.07) is 17.7. The zero-order valence-electron chi connectivity index (χ0n) is 24.6. The molecule has 0 bridgehead atoms. The van der Waals surface area contributed by atoms with Crippen LogP contribution in [-0.4, -0.2) is 77.7 Å². The standard InChI is InChI=1S/C32H43N5O4/c1-22(2)20-27(38)34-26-21-36(29(39)23(3)33-4)19-17-32(16-11-18-37(32)30(26)40)31(41)35-28(24-12-7-5-8-13-24)25-14-9-6-10-15-25/h5-10,12-15,22-23,26,28,33H,11,16-21H2,1-4H3,(H,34,38)(H,35,41). The van der Waals surface area contributed by atoms with Crippen molar-refractivity contribution in [3.05, 3.63) is 71.8 Å². The minimum absolute atomic E-state index is 0.0678. The second-order valence-electron chi connectivity index (χ2n) is 11.6. The number of amides is 4. The third kappa shape index (κ3) is 6.78. The van der Waals surface area contributed by atoms with Crippen LogP contribution < -0.4 is 16.0 Å². The Balaban J connectivity index is 1.69. The van der Waals surface area contributed by atoms with Crippen molar-refractivity contribution in [3.8, 4) is 0 Å². The molecule has 0 radical (unpaired) electrons. The zero-order chi connectivity index (χ0) is 29.6. The van der Waals surface area contributed by atoms with E-state index in [1.807, 2.05) is 74.5 Å². The van der Waals surface area contributed by atoms with E-state index in [-0.39, 0.29) is 42.5 Å². The molecule has 3 atom stereocenters. The van der Waals surface area contributed by atoms with Gasteiger partial charge in [0.1, 0.15) is 11.6 Å². The molecule has 9 heteroatoms. The lowest BCUT2D eigenvalue weighted by atomic mass is 9.87. The third-order valence-electron chi connectivity index (χ3n) is 8.26. The first-order valence-corrected chi connectivity index (χ1v) is 14.6. The van der Waals surface area contributed by atoms with Crippen LogP contribution in [0.2, 0.25) is 0 Å². The van der Waals surface area contributed by atoms with E-state index in [1.54, 1.807) is 23.8 Å². The fraction of sp³-hybridized carbons (Fsp3) is 0.500. The average molecular weight is 562 g/mol. The first-order chi connectivity index (χ1) is 19.7. The van der Waals surface area contributed by atoms with Gasteiger partial charge in [-0.05, 0) is 50.3 Å². The van der Waals surface area contributed by atoms with Crippen molar-refractivity contribution in [1.82, 2.24) is 25.8 Å². The van der Waals surface area contributed by atoms with Gasteiger partial charge < -0.3 is 25.8 Å². The second kappa shape index (κ2) is 13.3. The number of carbonyl (C=O) groups excluding carboxylic acids is 4. The van der Waals surface area contributed by atoms with Crippen LogP contribution in [0.4, 0.5) is 0 Å². The van der Waals surface area contributed by atoms with Crippen molar-refractivity contribution < 1.29 is 19.2 Å². The van der Waals surface area contributed by atoms with Crippen LogP contribution in [0.15, 0.2) is 60.7 Å². The van der Waals surface area contributed by atoms with E-state index in [1.165, 1.54) is 0 Å². The lowest BCUT2D eigenvalue weighted by Crippen LogP contribution is -2.66. The Morgan fingerprint density at radius 1 is 0.927 bits per heavy atom. The number of likely N-dealkylation sites (N-methyl/N-ethyl adjacent to an activating group) is 1. The number of nitrogens with one attached hydrogen (secondary N) is 3. The quantitative estimate of drug-likeness (QED) is 0.436. The second-order valence-corrected chi connectivity index (χ2v) is 11.6. The van der Waals surface area contributed by atoms with Gasteiger partial charge in [0.2, 0.25) is 23.6 Å². The van der Waals surface area contributed by atoms with E-state index in [0.717, 1.165) is 11.1 Å². The maximum atomic E-state index is 14.4. The van der Waals surface area contributed by atoms with Crippen molar-refractivity contribution in [3.63, 3.8) is 0 Å². The normalized spacial score (nSPS) is 21.7. The SMILES string of the molecule is CNC(C)C(=O)N1CCC2(C(=O)NC(c3ccccc3)c3ccccc3)CCCN2C(=O)C(NC(=O)CC(C)C)C1. The molecule has 0 aliphatic carbocycles. The van der Waals surface area contributed by atoms with Crippen LogP contribution in [0.5, 0.6) is 0 Å². The summed E-state index contributed by atoms with van der Waals surface area (Å²) in [6.07, 6.45) is 1.73. The summed E-state index contributed by atoms with van der Waals surface area (Å²) in [7, 11) is 1.71. The highest BCUT2D eigenvalue weighted by molar-refractivity contribution is 5.96. The first kappa shape index (κ1) is 30.2. The minimum Gasteiger partial charge on any atom is -0.343 e. The van der Waals surface area contributed by atoms with Crippen LogP contribution in [0, 0.1) is 5.92 Å². The Morgan fingerprint density at radius 3 is 2.10 bits per heavy atom. The molecule has 0 spiro atoms. The molecule has 4 rings (SSSR count). The topological polar surface area (TPSA) is 111 Å². The van der Waals surface area contributed by atoms with Gasteiger partial charge in [-0.25, -0.2) is 0 Å². The number of fused-ring (bicyclic) bond motifs is 1. The van der Waals surface area contributed by atoms with Gasteiger partial charge in [-0.2, -0.15) is 0 Å². The maximum Gasteiger partial charge on any atom is 0.247 e. The summed E-state index contributed by atoms with van der Waals surface area (Å²) >= 11 is 0. The largest absolute Gasteiger partial charge is 0.343 e. The number of hydrogen-bond donors (Lipinski definition) is 3. The molecule has 2 heterocycles. The first-order valence-electron chi connectivity index (χ1n) is 14.6. The lowest BCUT2D eigenvalue weighted by molar-refractivity contribution is -0.152. The average Bonchev–Trinajstić information content (AvgIpc) is 3.40. The molecule has 3 unspecified atom stereocenters.